The van der Waals surface area contributed by atoms with Crippen molar-refractivity contribution >= 4 is 34.3 Å². The average Bonchev–Trinajstić information content (AvgIpc) is 3.62. The lowest BCUT2D eigenvalue weighted by atomic mass is 10.2. The maximum Gasteiger partial charge on any atom is 0.262 e. The first-order valence-corrected chi connectivity index (χ1v) is 13.8. The molecule has 3 heterocycles. The van der Waals surface area contributed by atoms with Crippen molar-refractivity contribution in [1.29, 1.82) is 0 Å². The van der Waals surface area contributed by atoms with E-state index in [1.165, 1.54) is 11.8 Å². The first kappa shape index (κ1) is 25.9. The van der Waals surface area contributed by atoms with E-state index in [1.54, 1.807) is 22.8 Å². The van der Waals surface area contributed by atoms with Gasteiger partial charge in [0.05, 0.1) is 35.0 Å². The van der Waals surface area contributed by atoms with Crippen LogP contribution in [0.4, 0.5) is 5.69 Å². The van der Waals surface area contributed by atoms with Gasteiger partial charge in [-0.3, -0.25) is 14.2 Å². The summed E-state index contributed by atoms with van der Waals surface area (Å²) in [5.74, 6) is 2.69. The quantitative estimate of drug-likeness (QED) is 0.227. The van der Waals surface area contributed by atoms with Gasteiger partial charge < -0.3 is 29.0 Å². The van der Waals surface area contributed by atoms with E-state index in [0.29, 0.717) is 63.5 Å². The number of amides is 1. The Bertz CT molecular complexity index is 1660. The summed E-state index contributed by atoms with van der Waals surface area (Å²) in [5, 5.41) is 3.26. The summed E-state index contributed by atoms with van der Waals surface area (Å²) < 4.78 is 29.2. The third-order valence-electron chi connectivity index (χ3n) is 6.55. The Morgan fingerprint density at radius 3 is 2.50 bits per heavy atom. The zero-order valence-electron chi connectivity index (χ0n) is 22.0. The molecule has 3 aromatic carbocycles. The fraction of sp³-hybridized carbons (Fsp3) is 0.276. The highest BCUT2D eigenvalue weighted by molar-refractivity contribution is 8.00. The minimum Gasteiger partial charge on any atom is -0.492 e. The Labute approximate surface area is 234 Å². The number of ether oxygens (including phenoxy) is 5. The van der Waals surface area contributed by atoms with Crippen LogP contribution in [-0.4, -0.2) is 40.9 Å². The average molecular weight is 562 g/mol. The number of thioether (sulfide) groups is 1. The topological polar surface area (TPSA) is 110 Å². The number of para-hydroxylation sites is 2. The largest absolute Gasteiger partial charge is 0.492 e. The Hall–Kier alpha value is -4.38. The van der Waals surface area contributed by atoms with E-state index in [-0.39, 0.29) is 31.6 Å². The fourth-order valence-electron chi connectivity index (χ4n) is 4.56. The predicted octanol–water partition coefficient (Wildman–Crippen LogP) is 4.81. The molecule has 2 aliphatic rings. The van der Waals surface area contributed by atoms with Crippen LogP contribution in [0.1, 0.15) is 25.8 Å². The molecule has 0 radical (unpaired) electrons. The molecule has 2 aliphatic heterocycles. The number of nitrogens with zero attached hydrogens (tertiary/aromatic N) is 2. The molecular formula is C29H27N3O7S. The number of aromatic nitrogens is 2. The first-order valence-electron chi connectivity index (χ1n) is 13.0. The zero-order valence-corrected chi connectivity index (χ0v) is 22.8. The van der Waals surface area contributed by atoms with Gasteiger partial charge in [-0.05, 0) is 49.2 Å². The van der Waals surface area contributed by atoms with E-state index in [2.05, 4.69) is 5.32 Å². The Kier molecular flexibility index (Phi) is 7.12. The van der Waals surface area contributed by atoms with Gasteiger partial charge in [0, 0.05) is 6.07 Å². The molecule has 11 heteroatoms. The van der Waals surface area contributed by atoms with E-state index in [4.69, 9.17) is 28.7 Å². The number of benzene rings is 3. The number of anilines is 1. The van der Waals surface area contributed by atoms with Crippen LogP contribution in [0.15, 0.2) is 64.5 Å². The Balaban J connectivity index is 1.37. The van der Waals surface area contributed by atoms with Crippen LogP contribution in [0.3, 0.4) is 0 Å². The molecule has 0 aliphatic carbocycles. The van der Waals surface area contributed by atoms with Crippen LogP contribution in [0.25, 0.3) is 10.9 Å². The van der Waals surface area contributed by atoms with Crippen molar-refractivity contribution in [2.45, 2.75) is 37.2 Å². The lowest BCUT2D eigenvalue weighted by Crippen LogP contribution is -2.28. The molecule has 206 valence electrons. The fourth-order valence-corrected chi connectivity index (χ4v) is 5.57. The molecule has 0 saturated carbocycles. The molecule has 0 unspecified atom stereocenters. The Morgan fingerprint density at radius 1 is 1.00 bits per heavy atom. The van der Waals surface area contributed by atoms with Crippen LogP contribution in [-0.2, 0) is 11.3 Å². The molecule has 0 saturated heterocycles. The van der Waals surface area contributed by atoms with E-state index in [1.807, 2.05) is 50.2 Å². The van der Waals surface area contributed by atoms with Gasteiger partial charge in [-0.25, -0.2) is 4.98 Å². The summed E-state index contributed by atoms with van der Waals surface area (Å²) in [6.07, 6.45) is 0.506. The van der Waals surface area contributed by atoms with Crippen molar-refractivity contribution in [1.82, 2.24) is 9.55 Å². The monoisotopic (exact) mass is 561 g/mol. The number of carbonyl (C=O) groups excluding carboxylic acids is 1. The summed E-state index contributed by atoms with van der Waals surface area (Å²) in [4.78, 5) is 32.1. The van der Waals surface area contributed by atoms with Crippen LogP contribution in [0.2, 0.25) is 0 Å². The number of carbonyl (C=O) groups is 1. The standard InChI is InChI=1S/C29H27N3O7S/c1-3-26(27(33)30-19-7-5-6-8-21(19)35-4-2)40-29-31-20-13-25-24(38-16-39-25)12-18(20)28(34)32(29)14-17-9-10-22-23(11-17)37-15-36-22/h5-13,26H,3-4,14-16H2,1-2H3,(H,30,33)/t26-/m0/s1. The van der Waals surface area contributed by atoms with E-state index < -0.39 is 5.25 Å². The molecule has 10 nitrogen and oxygen atoms in total. The van der Waals surface area contributed by atoms with Crippen molar-refractivity contribution in [3.05, 3.63) is 70.5 Å². The summed E-state index contributed by atoms with van der Waals surface area (Å²) in [6.45, 7) is 4.75. The van der Waals surface area contributed by atoms with Gasteiger partial charge in [-0.15, -0.1) is 0 Å². The second-order valence-corrected chi connectivity index (χ2v) is 10.3. The highest BCUT2D eigenvalue weighted by Crippen LogP contribution is 2.37. The van der Waals surface area contributed by atoms with Crippen molar-refractivity contribution in [2.24, 2.45) is 0 Å². The van der Waals surface area contributed by atoms with Crippen LogP contribution >= 0.6 is 11.8 Å². The van der Waals surface area contributed by atoms with Gasteiger partial charge in [0.25, 0.3) is 5.56 Å². The lowest BCUT2D eigenvalue weighted by molar-refractivity contribution is -0.115. The minimum absolute atomic E-state index is 0.0833. The molecule has 0 spiro atoms. The number of hydrogen-bond acceptors (Lipinski definition) is 9. The molecule has 1 atom stereocenters. The van der Waals surface area contributed by atoms with Crippen molar-refractivity contribution < 1.29 is 28.5 Å². The third kappa shape index (κ3) is 5.00. The summed E-state index contributed by atoms with van der Waals surface area (Å²) in [5.41, 5.74) is 1.64. The third-order valence-corrected chi connectivity index (χ3v) is 7.90. The second-order valence-electron chi connectivity index (χ2n) is 9.13. The highest BCUT2D eigenvalue weighted by atomic mass is 32.2. The molecular weight excluding hydrogens is 534 g/mol. The number of fused-ring (bicyclic) bond motifs is 3. The molecule has 6 rings (SSSR count). The molecule has 0 fully saturated rings. The number of hydrogen-bond donors (Lipinski definition) is 1. The smallest absolute Gasteiger partial charge is 0.262 e. The van der Waals surface area contributed by atoms with Crippen LogP contribution in [0.5, 0.6) is 28.7 Å². The normalized spacial score (nSPS) is 13.8. The predicted molar refractivity (Wildman–Crippen MR) is 150 cm³/mol. The summed E-state index contributed by atoms with van der Waals surface area (Å²) in [6, 6.07) is 16.2. The van der Waals surface area contributed by atoms with Gasteiger partial charge in [0.1, 0.15) is 5.75 Å². The van der Waals surface area contributed by atoms with Gasteiger partial charge in [-0.2, -0.15) is 0 Å². The van der Waals surface area contributed by atoms with Gasteiger partial charge in [-0.1, -0.05) is 36.9 Å². The Morgan fingerprint density at radius 2 is 1.73 bits per heavy atom. The lowest BCUT2D eigenvalue weighted by Gasteiger charge is -2.19. The number of rotatable bonds is 9. The van der Waals surface area contributed by atoms with Gasteiger partial charge in [0.2, 0.25) is 19.5 Å². The molecule has 40 heavy (non-hydrogen) atoms. The number of nitrogens with one attached hydrogen (secondary N) is 1. The van der Waals surface area contributed by atoms with Crippen molar-refractivity contribution in [3.63, 3.8) is 0 Å². The maximum absolute atomic E-state index is 13.9. The first-order chi connectivity index (χ1) is 19.5. The minimum atomic E-state index is -0.531. The SMILES string of the molecule is CCOc1ccccc1NC(=O)[C@H](CC)Sc1nc2cc3c(cc2c(=O)n1Cc1ccc2c(c1)OCO2)OCO3. The zero-order chi connectivity index (χ0) is 27.6. The summed E-state index contributed by atoms with van der Waals surface area (Å²) >= 11 is 1.24. The van der Waals surface area contributed by atoms with E-state index in [0.717, 1.165) is 5.56 Å². The van der Waals surface area contributed by atoms with Crippen LogP contribution < -0.4 is 34.6 Å². The highest BCUT2D eigenvalue weighted by Gasteiger charge is 2.25. The van der Waals surface area contributed by atoms with Crippen molar-refractivity contribution in [3.8, 4) is 28.7 Å². The van der Waals surface area contributed by atoms with Crippen molar-refractivity contribution in [2.75, 3.05) is 25.5 Å². The van der Waals surface area contributed by atoms with E-state index >= 15 is 0 Å². The molecule has 1 aromatic heterocycles. The summed E-state index contributed by atoms with van der Waals surface area (Å²) in [7, 11) is 0. The van der Waals surface area contributed by atoms with E-state index in [9.17, 15) is 9.59 Å². The molecule has 1 amide bonds. The maximum atomic E-state index is 13.9. The van der Waals surface area contributed by atoms with Gasteiger partial charge in [0.15, 0.2) is 28.2 Å². The molecule has 4 aromatic rings. The van der Waals surface area contributed by atoms with Crippen LogP contribution in [0, 0.1) is 0 Å². The molecule has 0 bridgehead atoms. The molecule has 1 N–H and O–H groups in total. The van der Waals surface area contributed by atoms with Gasteiger partial charge >= 0.3 is 0 Å². The second kappa shape index (κ2) is 11.0.